The first-order valence-corrected chi connectivity index (χ1v) is 7.38. The fourth-order valence-corrected chi connectivity index (χ4v) is 2.82. The number of benzene rings is 1. The van der Waals surface area contributed by atoms with Crippen molar-refractivity contribution in [2.75, 3.05) is 13.2 Å². The Labute approximate surface area is 117 Å². The van der Waals surface area contributed by atoms with Crippen LogP contribution in [0.25, 0.3) is 0 Å². The summed E-state index contributed by atoms with van der Waals surface area (Å²) in [5, 5.41) is 3.54. The van der Waals surface area contributed by atoms with Crippen LogP contribution in [0.15, 0.2) is 24.4 Å². The lowest BCUT2D eigenvalue weighted by molar-refractivity contribution is 0.357. The summed E-state index contributed by atoms with van der Waals surface area (Å²) in [6.07, 6.45) is 3.95. The SMILES string of the molecule is CCCNC(c1ccc2c(c1)CCO2)c1cnsn1. The van der Waals surface area contributed by atoms with Gasteiger partial charge in [0.1, 0.15) is 5.75 Å². The lowest BCUT2D eigenvalue weighted by Gasteiger charge is -2.17. The van der Waals surface area contributed by atoms with Gasteiger partial charge in [0.15, 0.2) is 0 Å². The van der Waals surface area contributed by atoms with Crippen LogP contribution in [0, 0.1) is 0 Å². The third kappa shape index (κ3) is 2.62. The van der Waals surface area contributed by atoms with E-state index in [2.05, 4.69) is 39.2 Å². The van der Waals surface area contributed by atoms with Gasteiger partial charge in [-0.1, -0.05) is 19.1 Å². The molecule has 0 saturated carbocycles. The van der Waals surface area contributed by atoms with Gasteiger partial charge >= 0.3 is 0 Å². The van der Waals surface area contributed by atoms with Gasteiger partial charge in [-0.3, -0.25) is 0 Å². The minimum atomic E-state index is 0.129. The zero-order valence-corrected chi connectivity index (χ0v) is 11.7. The average Bonchev–Trinajstić information content (AvgIpc) is 3.09. The molecule has 2 heterocycles. The summed E-state index contributed by atoms with van der Waals surface area (Å²) in [6.45, 7) is 3.93. The van der Waals surface area contributed by atoms with Gasteiger partial charge in [-0.05, 0) is 30.2 Å². The largest absolute Gasteiger partial charge is 0.493 e. The van der Waals surface area contributed by atoms with E-state index >= 15 is 0 Å². The molecule has 19 heavy (non-hydrogen) atoms. The molecule has 0 radical (unpaired) electrons. The molecule has 1 atom stereocenters. The summed E-state index contributed by atoms with van der Waals surface area (Å²) in [5.41, 5.74) is 3.53. The van der Waals surface area contributed by atoms with Crippen LogP contribution in [0.3, 0.4) is 0 Å². The molecule has 2 aromatic rings. The number of rotatable bonds is 5. The standard InChI is InChI=1S/C14H17N3OS/c1-2-6-15-14(12-9-16-19-17-12)11-3-4-13-10(8-11)5-7-18-13/h3-4,8-9,14-15H,2,5-7H2,1H3. The van der Waals surface area contributed by atoms with Crippen molar-refractivity contribution in [1.29, 1.82) is 0 Å². The van der Waals surface area contributed by atoms with Crippen LogP contribution < -0.4 is 10.1 Å². The molecular formula is C14H17N3OS. The van der Waals surface area contributed by atoms with Gasteiger partial charge in [0.25, 0.3) is 0 Å². The molecule has 1 unspecified atom stereocenters. The minimum Gasteiger partial charge on any atom is -0.493 e. The van der Waals surface area contributed by atoms with Crippen molar-refractivity contribution < 1.29 is 4.74 Å². The topological polar surface area (TPSA) is 47.0 Å². The van der Waals surface area contributed by atoms with Gasteiger partial charge in [-0.15, -0.1) is 0 Å². The summed E-state index contributed by atoms with van der Waals surface area (Å²) < 4.78 is 14.0. The average molecular weight is 275 g/mol. The van der Waals surface area contributed by atoms with Crippen molar-refractivity contribution in [2.45, 2.75) is 25.8 Å². The van der Waals surface area contributed by atoms with Gasteiger partial charge in [0.2, 0.25) is 0 Å². The molecule has 1 aromatic carbocycles. The van der Waals surface area contributed by atoms with Gasteiger partial charge in [0.05, 0.1) is 36.3 Å². The zero-order valence-electron chi connectivity index (χ0n) is 10.9. The Balaban J connectivity index is 1.90. The van der Waals surface area contributed by atoms with Crippen LogP contribution >= 0.6 is 11.7 Å². The molecule has 0 spiro atoms. The number of hydrogen-bond acceptors (Lipinski definition) is 5. The molecule has 1 aliphatic rings. The highest BCUT2D eigenvalue weighted by Crippen LogP contribution is 2.30. The van der Waals surface area contributed by atoms with E-state index in [9.17, 15) is 0 Å². The first-order valence-electron chi connectivity index (χ1n) is 6.65. The Morgan fingerprint density at radius 2 is 2.42 bits per heavy atom. The van der Waals surface area contributed by atoms with Gasteiger partial charge in [-0.25, -0.2) is 0 Å². The fourth-order valence-electron chi connectivity index (χ4n) is 2.37. The van der Waals surface area contributed by atoms with Crippen LogP contribution in [0.5, 0.6) is 5.75 Å². The summed E-state index contributed by atoms with van der Waals surface area (Å²) in [6, 6.07) is 6.55. The number of nitrogens with one attached hydrogen (secondary N) is 1. The lowest BCUT2D eigenvalue weighted by Crippen LogP contribution is -2.23. The van der Waals surface area contributed by atoms with Crippen molar-refractivity contribution >= 4 is 11.7 Å². The smallest absolute Gasteiger partial charge is 0.122 e. The maximum Gasteiger partial charge on any atom is 0.122 e. The summed E-state index contributed by atoms with van der Waals surface area (Å²) in [5.74, 6) is 1.02. The van der Waals surface area contributed by atoms with E-state index in [0.717, 1.165) is 37.4 Å². The fraction of sp³-hybridized carbons (Fsp3) is 0.429. The molecule has 0 saturated heterocycles. The minimum absolute atomic E-state index is 0.129. The van der Waals surface area contributed by atoms with Crippen molar-refractivity contribution in [3.63, 3.8) is 0 Å². The van der Waals surface area contributed by atoms with Gasteiger partial charge < -0.3 is 10.1 Å². The highest BCUT2D eigenvalue weighted by atomic mass is 32.1. The molecule has 0 bridgehead atoms. The Bertz CT molecular complexity index is 542. The predicted octanol–water partition coefficient (Wildman–Crippen LogP) is 2.56. The Morgan fingerprint density at radius 3 is 3.21 bits per heavy atom. The number of nitrogens with zero attached hydrogens (tertiary/aromatic N) is 2. The van der Waals surface area contributed by atoms with Crippen LogP contribution in [0.4, 0.5) is 0 Å². The number of ether oxygens (including phenoxy) is 1. The Morgan fingerprint density at radius 1 is 1.47 bits per heavy atom. The molecule has 0 aliphatic carbocycles. The van der Waals surface area contributed by atoms with Gasteiger partial charge in [-0.2, -0.15) is 8.75 Å². The summed E-state index contributed by atoms with van der Waals surface area (Å²) in [7, 11) is 0. The second-order valence-corrected chi connectivity index (χ2v) is 5.24. The summed E-state index contributed by atoms with van der Waals surface area (Å²) >= 11 is 1.26. The number of fused-ring (bicyclic) bond motifs is 1. The maximum absolute atomic E-state index is 5.56. The lowest BCUT2D eigenvalue weighted by atomic mass is 10.0. The Hall–Kier alpha value is -1.46. The molecule has 1 N–H and O–H groups in total. The zero-order chi connectivity index (χ0) is 13.1. The van der Waals surface area contributed by atoms with Crippen molar-refractivity contribution in [3.8, 4) is 5.75 Å². The molecule has 100 valence electrons. The van der Waals surface area contributed by atoms with E-state index in [1.807, 2.05) is 6.20 Å². The second-order valence-electron chi connectivity index (χ2n) is 4.69. The predicted molar refractivity (Wildman–Crippen MR) is 75.7 cm³/mol. The molecule has 3 rings (SSSR count). The normalized spacial score (nSPS) is 15.0. The van der Waals surface area contributed by atoms with Crippen molar-refractivity contribution in [2.24, 2.45) is 0 Å². The Kier molecular flexibility index (Phi) is 3.75. The van der Waals surface area contributed by atoms with Crippen LogP contribution in [0.1, 0.15) is 36.2 Å². The second kappa shape index (κ2) is 5.67. The van der Waals surface area contributed by atoms with E-state index < -0.39 is 0 Å². The van der Waals surface area contributed by atoms with E-state index in [1.165, 1.54) is 22.9 Å². The third-order valence-electron chi connectivity index (χ3n) is 3.32. The number of hydrogen-bond donors (Lipinski definition) is 1. The molecular weight excluding hydrogens is 258 g/mol. The van der Waals surface area contributed by atoms with Crippen LogP contribution in [-0.2, 0) is 6.42 Å². The monoisotopic (exact) mass is 275 g/mol. The van der Waals surface area contributed by atoms with E-state index in [0.29, 0.717) is 0 Å². The number of aromatic nitrogens is 2. The van der Waals surface area contributed by atoms with Gasteiger partial charge in [0, 0.05) is 6.42 Å². The van der Waals surface area contributed by atoms with E-state index in [4.69, 9.17) is 4.74 Å². The molecule has 0 amide bonds. The molecule has 5 heteroatoms. The first-order chi connectivity index (χ1) is 9.38. The van der Waals surface area contributed by atoms with E-state index in [1.54, 1.807) is 0 Å². The third-order valence-corrected chi connectivity index (χ3v) is 3.81. The van der Waals surface area contributed by atoms with Crippen molar-refractivity contribution in [1.82, 2.24) is 14.1 Å². The molecule has 0 fully saturated rings. The summed E-state index contributed by atoms with van der Waals surface area (Å²) in [4.78, 5) is 0. The van der Waals surface area contributed by atoms with Crippen molar-refractivity contribution in [3.05, 3.63) is 41.2 Å². The van der Waals surface area contributed by atoms with Crippen LogP contribution in [-0.4, -0.2) is 21.9 Å². The van der Waals surface area contributed by atoms with Crippen LogP contribution in [0.2, 0.25) is 0 Å². The highest BCUT2D eigenvalue weighted by Gasteiger charge is 2.19. The maximum atomic E-state index is 5.56. The highest BCUT2D eigenvalue weighted by molar-refractivity contribution is 6.99. The molecule has 1 aliphatic heterocycles. The molecule has 1 aromatic heterocycles. The van der Waals surface area contributed by atoms with E-state index in [-0.39, 0.29) is 6.04 Å². The first kappa shape index (κ1) is 12.6. The molecule has 4 nitrogen and oxygen atoms in total. The quantitative estimate of drug-likeness (QED) is 0.911.